The maximum atomic E-state index is 14.4. The Balaban J connectivity index is 2.60. The van der Waals surface area contributed by atoms with Crippen LogP contribution in [0.1, 0.15) is 35.2 Å². The Kier molecular flexibility index (Phi) is 4.95. The molecule has 2 aromatic carbocycles. The van der Waals surface area contributed by atoms with Gasteiger partial charge in [0.1, 0.15) is 5.82 Å². The van der Waals surface area contributed by atoms with Crippen LogP contribution < -0.4 is 5.32 Å². The lowest BCUT2D eigenvalue weighted by molar-refractivity contribution is 0.552. The molecule has 2 aromatic rings. The summed E-state index contributed by atoms with van der Waals surface area (Å²) in [5.74, 6) is -0.193. The molecular formula is C17H19BrFN. The first-order valence-corrected chi connectivity index (χ1v) is 7.59. The Bertz CT molecular complexity index is 590. The number of hydrogen-bond donors (Lipinski definition) is 1. The second-order valence-corrected chi connectivity index (χ2v) is 5.79. The van der Waals surface area contributed by atoms with Crippen LogP contribution in [0.5, 0.6) is 0 Å². The highest BCUT2D eigenvalue weighted by atomic mass is 79.9. The zero-order chi connectivity index (χ0) is 14.7. The van der Waals surface area contributed by atoms with Gasteiger partial charge in [0, 0.05) is 5.56 Å². The van der Waals surface area contributed by atoms with Crippen LogP contribution in [0, 0.1) is 19.7 Å². The Morgan fingerprint density at radius 3 is 2.30 bits per heavy atom. The van der Waals surface area contributed by atoms with E-state index in [1.807, 2.05) is 25.1 Å². The van der Waals surface area contributed by atoms with Gasteiger partial charge in [-0.1, -0.05) is 37.3 Å². The summed E-state index contributed by atoms with van der Waals surface area (Å²) in [5, 5.41) is 3.40. The summed E-state index contributed by atoms with van der Waals surface area (Å²) in [6.07, 6.45) is 0. The summed E-state index contributed by atoms with van der Waals surface area (Å²) in [4.78, 5) is 0. The van der Waals surface area contributed by atoms with Gasteiger partial charge in [-0.15, -0.1) is 0 Å². The molecule has 1 nitrogen and oxygen atoms in total. The number of aryl methyl sites for hydroxylation is 2. The molecule has 0 radical (unpaired) electrons. The van der Waals surface area contributed by atoms with Crippen molar-refractivity contribution in [1.82, 2.24) is 5.32 Å². The average molecular weight is 336 g/mol. The molecule has 0 saturated heterocycles. The van der Waals surface area contributed by atoms with Gasteiger partial charge in [0.2, 0.25) is 0 Å². The fourth-order valence-electron chi connectivity index (χ4n) is 2.60. The molecule has 2 rings (SSSR count). The molecule has 0 aromatic heterocycles. The van der Waals surface area contributed by atoms with Crippen LogP contribution >= 0.6 is 15.9 Å². The van der Waals surface area contributed by atoms with E-state index < -0.39 is 0 Å². The monoisotopic (exact) mass is 335 g/mol. The van der Waals surface area contributed by atoms with Crippen molar-refractivity contribution in [3.8, 4) is 0 Å². The second kappa shape index (κ2) is 6.51. The van der Waals surface area contributed by atoms with Crippen molar-refractivity contribution in [2.45, 2.75) is 26.8 Å². The van der Waals surface area contributed by atoms with Crippen LogP contribution in [0.15, 0.2) is 40.9 Å². The third-order valence-electron chi connectivity index (χ3n) is 3.53. The van der Waals surface area contributed by atoms with E-state index in [4.69, 9.17) is 0 Å². The summed E-state index contributed by atoms with van der Waals surface area (Å²) in [7, 11) is 0. The zero-order valence-electron chi connectivity index (χ0n) is 12.0. The van der Waals surface area contributed by atoms with E-state index in [1.165, 1.54) is 11.1 Å². The minimum absolute atomic E-state index is 0.126. The first kappa shape index (κ1) is 15.2. The van der Waals surface area contributed by atoms with E-state index in [-0.39, 0.29) is 11.9 Å². The molecule has 20 heavy (non-hydrogen) atoms. The molecule has 1 atom stereocenters. The van der Waals surface area contributed by atoms with Crippen LogP contribution in [-0.4, -0.2) is 6.54 Å². The average Bonchev–Trinajstić information content (AvgIpc) is 2.41. The van der Waals surface area contributed by atoms with Gasteiger partial charge in [0.05, 0.1) is 10.5 Å². The minimum atomic E-state index is -0.193. The molecule has 1 N–H and O–H groups in total. The van der Waals surface area contributed by atoms with Crippen molar-refractivity contribution in [3.05, 3.63) is 68.9 Å². The third-order valence-corrected chi connectivity index (χ3v) is 4.14. The predicted octanol–water partition coefficient (Wildman–Crippen LogP) is 4.90. The highest BCUT2D eigenvalue weighted by molar-refractivity contribution is 9.10. The van der Waals surface area contributed by atoms with E-state index in [9.17, 15) is 4.39 Å². The third kappa shape index (κ3) is 2.94. The smallest absolute Gasteiger partial charge is 0.142 e. The SMILES string of the molecule is CCNC(c1cccc(Br)c1F)c1c(C)cccc1C. The van der Waals surface area contributed by atoms with Crippen molar-refractivity contribution in [3.63, 3.8) is 0 Å². The van der Waals surface area contributed by atoms with Crippen molar-refractivity contribution >= 4 is 15.9 Å². The summed E-state index contributed by atoms with van der Waals surface area (Å²) in [6, 6.07) is 11.5. The van der Waals surface area contributed by atoms with E-state index in [1.54, 1.807) is 6.07 Å². The van der Waals surface area contributed by atoms with Gasteiger partial charge in [-0.3, -0.25) is 0 Å². The van der Waals surface area contributed by atoms with Crippen LogP contribution in [0.25, 0.3) is 0 Å². The van der Waals surface area contributed by atoms with Crippen molar-refractivity contribution in [2.24, 2.45) is 0 Å². The fourth-order valence-corrected chi connectivity index (χ4v) is 2.98. The zero-order valence-corrected chi connectivity index (χ0v) is 13.6. The molecule has 106 valence electrons. The van der Waals surface area contributed by atoms with Crippen LogP contribution in [0.4, 0.5) is 4.39 Å². The fraction of sp³-hybridized carbons (Fsp3) is 0.294. The second-order valence-electron chi connectivity index (χ2n) is 4.94. The largest absolute Gasteiger partial charge is 0.306 e. The van der Waals surface area contributed by atoms with Crippen molar-refractivity contribution < 1.29 is 4.39 Å². The van der Waals surface area contributed by atoms with E-state index in [0.29, 0.717) is 10.0 Å². The number of benzene rings is 2. The van der Waals surface area contributed by atoms with Crippen LogP contribution in [0.2, 0.25) is 0 Å². The molecule has 0 spiro atoms. The minimum Gasteiger partial charge on any atom is -0.306 e. The molecule has 0 saturated carbocycles. The summed E-state index contributed by atoms with van der Waals surface area (Å²) < 4.78 is 14.9. The van der Waals surface area contributed by atoms with Crippen molar-refractivity contribution in [2.75, 3.05) is 6.54 Å². The lowest BCUT2D eigenvalue weighted by atomic mass is 9.91. The quantitative estimate of drug-likeness (QED) is 0.837. The van der Waals surface area contributed by atoms with Gasteiger partial charge in [0.15, 0.2) is 0 Å². The Morgan fingerprint density at radius 2 is 1.70 bits per heavy atom. The lowest BCUT2D eigenvalue weighted by Gasteiger charge is -2.23. The summed E-state index contributed by atoms with van der Waals surface area (Å²) in [5.41, 5.74) is 4.19. The Morgan fingerprint density at radius 1 is 1.10 bits per heavy atom. The topological polar surface area (TPSA) is 12.0 Å². The van der Waals surface area contributed by atoms with E-state index in [2.05, 4.69) is 47.2 Å². The highest BCUT2D eigenvalue weighted by Gasteiger charge is 2.21. The predicted molar refractivity (Wildman–Crippen MR) is 85.5 cm³/mol. The molecule has 0 aliphatic rings. The molecule has 0 aliphatic heterocycles. The number of nitrogens with one attached hydrogen (secondary N) is 1. The highest BCUT2D eigenvalue weighted by Crippen LogP contribution is 2.31. The van der Waals surface area contributed by atoms with Gasteiger partial charge in [-0.2, -0.15) is 0 Å². The molecule has 0 bridgehead atoms. The molecule has 0 heterocycles. The first-order valence-electron chi connectivity index (χ1n) is 6.79. The molecule has 0 aliphatic carbocycles. The van der Waals surface area contributed by atoms with Gasteiger partial charge >= 0.3 is 0 Å². The standard InChI is InChI=1S/C17H19BrFN/c1-4-20-17(13-9-6-10-14(18)16(13)19)15-11(2)7-5-8-12(15)3/h5-10,17,20H,4H2,1-3H3. The van der Waals surface area contributed by atoms with E-state index >= 15 is 0 Å². The maximum absolute atomic E-state index is 14.4. The van der Waals surface area contributed by atoms with Gasteiger partial charge < -0.3 is 5.32 Å². The molecule has 1 unspecified atom stereocenters. The Hall–Kier alpha value is -1.19. The molecule has 3 heteroatoms. The van der Waals surface area contributed by atoms with Gasteiger partial charge in [-0.25, -0.2) is 4.39 Å². The molecular weight excluding hydrogens is 317 g/mol. The van der Waals surface area contributed by atoms with E-state index in [0.717, 1.165) is 12.1 Å². The summed E-state index contributed by atoms with van der Waals surface area (Å²) in [6.45, 7) is 6.96. The van der Waals surface area contributed by atoms with Gasteiger partial charge in [0.25, 0.3) is 0 Å². The van der Waals surface area contributed by atoms with Crippen molar-refractivity contribution in [1.29, 1.82) is 0 Å². The molecule has 0 fully saturated rings. The number of rotatable bonds is 4. The number of hydrogen-bond acceptors (Lipinski definition) is 1. The van der Waals surface area contributed by atoms with Gasteiger partial charge in [-0.05, 0) is 59.1 Å². The molecule has 0 amide bonds. The number of halogens is 2. The normalized spacial score (nSPS) is 12.4. The lowest BCUT2D eigenvalue weighted by Crippen LogP contribution is -2.24. The first-order chi connectivity index (χ1) is 9.56. The van der Waals surface area contributed by atoms with Crippen LogP contribution in [-0.2, 0) is 0 Å². The maximum Gasteiger partial charge on any atom is 0.142 e. The summed E-state index contributed by atoms with van der Waals surface area (Å²) >= 11 is 3.27. The van der Waals surface area contributed by atoms with Crippen LogP contribution in [0.3, 0.4) is 0 Å². The Labute approximate surface area is 128 Å².